The lowest BCUT2D eigenvalue weighted by atomic mass is 10.1. The molecule has 0 saturated carbocycles. The molecule has 1 aliphatic carbocycles. The fourth-order valence-electron chi connectivity index (χ4n) is 1.12. The summed E-state index contributed by atoms with van der Waals surface area (Å²) in [6.07, 6.45) is 5.54. The van der Waals surface area contributed by atoms with Gasteiger partial charge < -0.3 is 4.74 Å². The first-order valence-corrected chi connectivity index (χ1v) is 4.47. The zero-order chi connectivity index (χ0) is 11.3. The van der Waals surface area contributed by atoms with E-state index in [0.717, 1.165) is 0 Å². The highest BCUT2D eigenvalue weighted by molar-refractivity contribution is 6.07. The Morgan fingerprint density at radius 2 is 2.13 bits per heavy atom. The summed E-state index contributed by atoms with van der Waals surface area (Å²) in [4.78, 5) is 22.3. The van der Waals surface area contributed by atoms with Gasteiger partial charge in [-0.15, -0.1) is 0 Å². The third-order valence-electron chi connectivity index (χ3n) is 1.93. The number of allylic oxidation sites excluding steroid dienone is 6. The Labute approximate surface area is 86.9 Å². The molecule has 1 rings (SSSR count). The van der Waals surface area contributed by atoms with Gasteiger partial charge in [0, 0.05) is 5.57 Å². The molecule has 4 heteroatoms. The summed E-state index contributed by atoms with van der Waals surface area (Å²) in [6.45, 7) is 0. The van der Waals surface area contributed by atoms with Gasteiger partial charge in [0.1, 0.15) is 12.2 Å². The first-order valence-electron chi connectivity index (χ1n) is 4.47. The van der Waals surface area contributed by atoms with Crippen molar-refractivity contribution >= 4 is 11.8 Å². The van der Waals surface area contributed by atoms with Gasteiger partial charge >= 0.3 is 5.97 Å². The van der Waals surface area contributed by atoms with Crippen molar-refractivity contribution in [2.75, 3.05) is 7.11 Å². The summed E-state index contributed by atoms with van der Waals surface area (Å²) in [5, 5.41) is 0. The highest BCUT2D eigenvalue weighted by Crippen LogP contribution is 2.13. The minimum atomic E-state index is -0.591. The van der Waals surface area contributed by atoms with Crippen LogP contribution in [0.5, 0.6) is 0 Å². The van der Waals surface area contributed by atoms with E-state index in [0.29, 0.717) is 12.0 Å². The number of ketones is 1. The van der Waals surface area contributed by atoms with Crippen molar-refractivity contribution in [3.05, 3.63) is 35.7 Å². The zero-order valence-electron chi connectivity index (χ0n) is 8.33. The molecule has 0 heterocycles. The average molecular weight is 210 g/mol. The van der Waals surface area contributed by atoms with Crippen LogP contribution >= 0.6 is 0 Å². The van der Waals surface area contributed by atoms with Crippen molar-refractivity contribution in [3.8, 4) is 0 Å². The number of Topliss-reactive ketones (excluding diaryl/α,β-unsaturated/α-hetero) is 1. The summed E-state index contributed by atoms with van der Waals surface area (Å²) in [7, 11) is 1.22. The maximum Gasteiger partial charge on any atom is 0.313 e. The number of carbonyl (C=O) groups excluding carboxylic acids is 2. The van der Waals surface area contributed by atoms with Gasteiger partial charge in [0.15, 0.2) is 5.78 Å². The minimum Gasteiger partial charge on any atom is -0.469 e. The standard InChI is InChI=1S/C11H11FO3/c1-15-11(14)7-10(13)8-3-2-4-9(12)6-5-8/h3-6H,2,7H2,1H3. The number of methoxy groups -OCH3 is 1. The van der Waals surface area contributed by atoms with Crippen LogP contribution in [0, 0.1) is 0 Å². The molecule has 0 fully saturated rings. The quantitative estimate of drug-likeness (QED) is 0.527. The molecule has 1 aliphatic rings. The van der Waals surface area contributed by atoms with E-state index in [2.05, 4.69) is 4.74 Å². The van der Waals surface area contributed by atoms with Gasteiger partial charge in [-0.3, -0.25) is 9.59 Å². The Kier molecular flexibility index (Phi) is 3.97. The maximum atomic E-state index is 12.7. The van der Waals surface area contributed by atoms with E-state index in [1.807, 2.05) is 0 Å². The lowest BCUT2D eigenvalue weighted by Gasteiger charge is -1.99. The van der Waals surface area contributed by atoms with Crippen LogP contribution in [0.4, 0.5) is 4.39 Å². The largest absolute Gasteiger partial charge is 0.469 e. The van der Waals surface area contributed by atoms with Crippen LogP contribution in [0.3, 0.4) is 0 Å². The SMILES string of the molecule is COC(=O)CC(=O)C1=CCC=C(F)C=C1. The number of ether oxygens (including phenoxy) is 1. The Morgan fingerprint density at radius 1 is 1.40 bits per heavy atom. The van der Waals surface area contributed by atoms with Gasteiger partial charge in [-0.2, -0.15) is 0 Å². The van der Waals surface area contributed by atoms with E-state index < -0.39 is 5.97 Å². The molecule has 15 heavy (non-hydrogen) atoms. The first-order chi connectivity index (χ1) is 7.13. The predicted molar refractivity (Wildman–Crippen MR) is 52.7 cm³/mol. The number of esters is 1. The number of halogens is 1. The summed E-state index contributed by atoms with van der Waals surface area (Å²) in [6, 6.07) is 0. The Morgan fingerprint density at radius 3 is 2.80 bits per heavy atom. The second-order valence-corrected chi connectivity index (χ2v) is 2.99. The normalized spacial score (nSPS) is 15.1. The number of hydrogen-bond acceptors (Lipinski definition) is 3. The molecule has 0 aliphatic heterocycles. The molecule has 0 aromatic heterocycles. The third-order valence-corrected chi connectivity index (χ3v) is 1.93. The fourth-order valence-corrected chi connectivity index (χ4v) is 1.12. The Balaban J connectivity index is 2.66. The van der Waals surface area contributed by atoms with Crippen molar-refractivity contribution in [1.82, 2.24) is 0 Å². The summed E-state index contributed by atoms with van der Waals surface area (Å²) < 4.78 is 17.1. The van der Waals surface area contributed by atoms with Crippen LogP contribution in [-0.2, 0) is 14.3 Å². The number of rotatable bonds is 3. The van der Waals surface area contributed by atoms with Crippen LogP contribution < -0.4 is 0 Å². The second-order valence-electron chi connectivity index (χ2n) is 2.99. The van der Waals surface area contributed by atoms with Gasteiger partial charge in [-0.1, -0.05) is 6.08 Å². The van der Waals surface area contributed by atoms with Crippen LogP contribution in [0.1, 0.15) is 12.8 Å². The third kappa shape index (κ3) is 3.50. The highest BCUT2D eigenvalue weighted by Gasteiger charge is 2.13. The molecule has 80 valence electrons. The number of carbonyl (C=O) groups is 2. The lowest BCUT2D eigenvalue weighted by molar-refractivity contribution is -0.142. The first kappa shape index (κ1) is 11.4. The average Bonchev–Trinajstić information content (AvgIpc) is 2.42. The molecule has 3 nitrogen and oxygen atoms in total. The smallest absolute Gasteiger partial charge is 0.313 e. The van der Waals surface area contributed by atoms with E-state index in [1.165, 1.54) is 25.3 Å². The van der Waals surface area contributed by atoms with E-state index in [9.17, 15) is 14.0 Å². The molecule has 0 saturated heterocycles. The van der Waals surface area contributed by atoms with Gasteiger partial charge in [0.05, 0.1) is 7.11 Å². The summed E-state index contributed by atoms with van der Waals surface area (Å²) in [5.41, 5.74) is 0.337. The summed E-state index contributed by atoms with van der Waals surface area (Å²) >= 11 is 0. The minimum absolute atomic E-state index is 0.311. The molecule has 0 amide bonds. The molecule has 0 atom stereocenters. The molecule has 0 aromatic rings. The van der Waals surface area contributed by atoms with E-state index >= 15 is 0 Å². The van der Waals surface area contributed by atoms with E-state index in [-0.39, 0.29) is 18.0 Å². The highest BCUT2D eigenvalue weighted by atomic mass is 19.1. The topological polar surface area (TPSA) is 43.4 Å². The van der Waals surface area contributed by atoms with E-state index in [1.54, 1.807) is 6.08 Å². The van der Waals surface area contributed by atoms with Gasteiger partial charge in [0.25, 0.3) is 0 Å². The number of hydrogen-bond donors (Lipinski definition) is 0. The molecular formula is C11H11FO3. The van der Waals surface area contributed by atoms with Crippen molar-refractivity contribution in [3.63, 3.8) is 0 Å². The zero-order valence-corrected chi connectivity index (χ0v) is 8.33. The molecule has 0 radical (unpaired) electrons. The lowest BCUT2D eigenvalue weighted by Crippen LogP contribution is -2.10. The molecular weight excluding hydrogens is 199 g/mol. The van der Waals surface area contributed by atoms with Crippen LogP contribution in [0.15, 0.2) is 35.7 Å². The van der Waals surface area contributed by atoms with Crippen molar-refractivity contribution in [2.45, 2.75) is 12.8 Å². The molecule has 0 N–H and O–H groups in total. The van der Waals surface area contributed by atoms with Crippen molar-refractivity contribution in [1.29, 1.82) is 0 Å². The molecule has 0 bridgehead atoms. The molecule has 0 unspecified atom stereocenters. The van der Waals surface area contributed by atoms with Gasteiger partial charge in [-0.25, -0.2) is 4.39 Å². The Hall–Kier alpha value is -1.71. The van der Waals surface area contributed by atoms with Gasteiger partial charge in [0.2, 0.25) is 0 Å². The van der Waals surface area contributed by atoms with Crippen LogP contribution in [0.25, 0.3) is 0 Å². The monoisotopic (exact) mass is 210 g/mol. The predicted octanol–water partition coefficient (Wildman–Crippen LogP) is 1.86. The van der Waals surface area contributed by atoms with Crippen LogP contribution in [0.2, 0.25) is 0 Å². The Bertz CT molecular complexity index is 364. The molecule has 0 aromatic carbocycles. The van der Waals surface area contributed by atoms with Crippen LogP contribution in [-0.4, -0.2) is 18.9 Å². The maximum absolute atomic E-state index is 12.7. The van der Waals surface area contributed by atoms with E-state index in [4.69, 9.17) is 0 Å². The van der Waals surface area contributed by atoms with Crippen molar-refractivity contribution in [2.24, 2.45) is 0 Å². The van der Waals surface area contributed by atoms with Gasteiger partial charge in [-0.05, 0) is 24.6 Å². The summed E-state index contributed by atoms with van der Waals surface area (Å²) in [5.74, 6) is -1.33. The van der Waals surface area contributed by atoms with Crippen molar-refractivity contribution < 1.29 is 18.7 Å². The molecule has 0 spiro atoms. The second kappa shape index (κ2) is 5.24. The fraction of sp³-hybridized carbons (Fsp3) is 0.273.